The molecule has 122 valence electrons. The number of rotatable bonds is 4. The molecule has 0 aromatic heterocycles. The Kier molecular flexibility index (Phi) is 6.97. The second-order valence-electron chi connectivity index (χ2n) is 5.88. The van der Waals surface area contributed by atoms with Gasteiger partial charge in [-0.25, -0.2) is 0 Å². The minimum Gasteiger partial charge on any atom is -0.376 e. The van der Waals surface area contributed by atoms with Crippen LogP contribution in [0.4, 0.5) is 0 Å². The molecule has 2 aliphatic heterocycles. The maximum Gasteiger partial charge on any atom is 0.191 e. The summed E-state index contributed by atoms with van der Waals surface area (Å²) in [5, 5.41) is 6.86. The molecule has 2 unspecified atom stereocenters. The molecule has 3 aliphatic rings. The van der Waals surface area contributed by atoms with Gasteiger partial charge in [-0.1, -0.05) is 0 Å². The van der Waals surface area contributed by atoms with Crippen LogP contribution in [0, 0.1) is 0 Å². The van der Waals surface area contributed by atoms with Gasteiger partial charge < -0.3 is 20.1 Å². The molecule has 2 saturated heterocycles. The first-order valence-electron chi connectivity index (χ1n) is 7.75. The Morgan fingerprint density at radius 3 is 2.81 bits per heavy atom. The van der Waals surface area contributed by atoms with Gasteiger partial charge in [0.15, 0.2) is 5.96 Å². The summed E-state index contributed by atoms with van der Waals surface area (Å²) >= 11 is 0. The van der Waals surface area contributed by atoms with Gasteiger partial charge in [0.1, 0.15) is 0 Å². The molecule has 3 rings (SSSR count). The first-order chi connectivity index (χ1) is 9.85. The summed E-state index contributed by atoms with van der Waals surface area (Å²) in [6.07, 6.45) is 4.12. The molecule has 0 radical (unpaired) electrons. The van der Waals surface area contributed by atoms with E-state index in [1.165, 1.54) is 25.8 Å². The van der Waals surface area contributed by atoms with Crippen molar-refractivity contribution in [2.24, 2.45) is 4.99 Å². The van der Waals surface area contributed by atoms with E-state index in [0.29, 0.717) is 25.9 Å². The molecule has 0 bridgehead atoms. The summed E-state index contributed by atoms with van der Waals surface area (Å²) in [7, 11) is 1.82. The van der Waals surface area contributed by atoms with Crippen molar-refractivity contribution in [3.05, 3.63) is 0 Å². The van der Waals surface area contributed by atoms with Gasteiger partial charge in [0.2, 0.25) is 0 Å². The van der Waals surface area contributed by atoms with Crippen molar-refractivity contribution in [2.45, 2.75) is 37.5 Å². The lowest BCUT2D eigenvalue weighted by atomic mass is 10.3. The average molecular weight is 410 g/mol. The van der Waals surface area contributed by atoms with Gasteiger partial charge in [0.05, 0.1) is 25.9 Å². The zero-order valence-corrected chi connectivity index (χ0v) is 15.0. The first kappa shape index (κ1) is 17.2. The molecule has 6 nitrogen and oxygen atoms in total. The highest BCUT2D eigenvalue weighted by molar-refractivity contribution is 14.0. The quantitative estimate of drug-likeness (QED) is 0.400. The van der Waals surface area contributed by atoms with E-state index in [1.807, 2.05) is 7.05 Å². The van der Waals surface area contributed by atoms with E-state index in [4.69, 9.17) is 9.47 Å². The topological polar surface area (TPSA) is 58.1 Å². The number of hydrogen-bond acceptors (Lipinski definition) is 4. The highest BCUT2D eigenvalue weighted by atomic mass is 127. The number of nitrogens with one attached hydrogen (secondary N) is 2. The minimum absolute atomic E-state index is 0. The fraction of sp³-hybridized carbons (Fsp3) is 0.929. The number of hydrogen-bond donors (Lipinski definition) is 2. The summed E-state index contributed by atoms with van der Waals surface area (Å²) in [4.78, 5) is 6.90. The Balaban J connectivity index is 0.00000161. The average Bonchev–Trinajstić information content (AvgIpc) is 3.24. The standard InChI is InChI=1S/C14H26N4O2.HI/c1-15-14(16-8-13-10-19-6-7-20-13)17-11-4-5-18(9-11)12-2-3-12;/h11-13H,2-10H2,1H3,(H2,15,16,17);1H. The molecule has 0 spiro atoms. The molecule has 3 fully saturated rings. The molecule has 1 saturated carbocycles. The summed E-state index contributed by atoms with van der Waals surface area (Å²) < 4.78 is 11.0. The lowest BCUT2D eigenvalue weighted by molar-refractivity contribution is -0.0850. The molecular formula is C14H27IN4O2. The molecule has 2 atom stereocenters. The summed E-state index contributed by atoms with van der Waals surface area (Å²) in [6.45, 7) is 5.19. The van der Waals surface area contributed by atoms with Crippen molar-refractivity contribution in [2.75, 3.05) is 46.5 Å². The van der Waals surface area contributed by atoms with E-state index in [1.54, 1.807) is 0 Å². The van der Waals surface area contributed by atoms with Crippen molar-refractivity contribution in [3.8, 4) is 0 Å². The molecule has 2 N–H and O–H groups in total. The van der Waals surface area contributed by atoms with E-state index in [0.717, 1.165) is 25.1 Å². The van der Waals surface area contributed by atoms with E-state index < -0.39 is 0 Å². The zero-order valence-electron chi connectivity index (χ0n) is 12.7. The monoisotopic (exact) mass is 410 g/mol. The van der Waals surface area contributed by atoms with Gasteiger partial charge in [0, 0.05) is 38.8 Å². The van der Waals surface area contributed by atoms with E-state index >= 15 is 0 Å². The first-order valence-corrected chi connectivity index (χ1v) is 7.75. The van der Waals surface area contributed by atoms with Crippen LogP contribution in [0.15, 0.2) is 4.99 Å². The summed E-state index contributed by atoms with van der Waals surface area (Å²) in [5.41, 5.74) is 0. The van der Waals surface area contributed by atoms with Crippen LogP contribution in [0.5, 0.6) is 0 Å². The number of nitrogens with zero attached hydrogens (tertiary/aromatic N) is 2. The Morgan fingerprint density at radius 2 is 2.14 bits per heavy atom. The Hall–Kier alpha value is -0.120. The number of likely N-dealkylation sites (tertiary alicyclic amines) is 1. The molecule has 0 amide bonds. The normalized spacial score (nSPS) is 30.8. The van der Waals surface area contributed by atoms with Gasteiger partial charge in [-0.05, 0) is 19.3 Å². The second-order valence-corrected chi connectivity index (χ2v) is 5.88. The molecule has 0 aromatic carbocycles. The second kappa shape index (κ2) is 8.50. The van der Waals surface area contributed by atoms with Crippen LogP contribution in [0.3, 0.4) is 0 Å². The number of halogens is 1. The number of ether oxygens (including phenoxy) is 2. The molecule has 21 heavy (non-hydrogen) atoms. The lowest BCUT2D eigenvalue weighted by Gasteiger charge is -2.25. The van der Waals surface area contributed by atoms with Gasteiger partial charge in [-0.15, -0.1) is 24.0 Å². The highest BCUT2D eigenvalue weighted by Crippen LogP contribution is 2.29. The predicted octanol–water partition coefficient (Wildman–Crippen LogP) is 0.422. The van der Waals surface area contributed by atoms with Crippen LogP contribution in [0.2, 0.25) is 0 Å². The molecule has 0 aromatic rings. The zero-order chi connectivity index (χ0) is 13.8. The van der Waals surface area contributed by atoms with Gasteiger partial charge >= 0.3 is 0 Å². The van der Waals surface area contributed by atoms with Gasteiger partial charge in [-0.3, -0.25) is 9.89 Å². The Bertz CT molecular complexity index is 346. The third kappa shape index (κ3) is 5.22. The van der Waals surface area contributed by atoms with Crippen LogP contribution < -0.4 is 10.6 Å². The number of guanidine groups is 1. The lowest BCUT2D eigenvalue weighted by Crippen LogP contribution is -2.48. The smallest absolute Gasteiger partial charge is 0.191 e. The third-order valence-corrected chi connectivity index (χ3v) is 4.23. The maximum absolute atomic E-state index is 5.62. The molecule has 2 heterocycles. The Labute approximate surface area is 144 Å². The maximum atomic E-state index is 5.62. The van der Waals surface area contributed by atoms with E-state index in [-0.39, 0.29) is 30.1 Å². The van der Waals surface area contributed by atoms with Gasteiger partial charge in [-0.2, -0.15) is 0 Å². The third-order valence-electron chi connectivity index (χ3n) is 4.23. The largest absolute Gasteiger partial charge is 0.376 e. The van der Waals surface area contributed by atoms with Gasteiger partial charge in [0.25, 0.3) is 0 Å². The van der Waals surface area contributed by atoms with Crippen molar-refractivity contribution in [3.63, 3.8) is 0 Å². The van der Waals surface area contributed by atoms with Crippen molar-refractivity contribution >= 4 is 29.9 Å². The van der Waals surface area contributed by atoms with Crippen LogP contribution in [-0.2, 0) is 9.47 Å². The van der Waals surface area contributed by atoms with Crippen molar-refractivity contribution in [1.29, 1.82) is 0 Å². The van der Waals surface area contributed by atoms with E-state index in [9.17, 15) is 0 Å². The molecular weight excluding hydrogens is 383 g/mol. The molecule has 1 aliphatic carbocycles. The van der Waals surface area contributed by atoms with E-state index in [2.05, 4.69) is 20.5 Å². The summed E-state index contributed by atoms with van der Waals surface area (Å²) in [6, 6.07) is 1.38. The SMILES string of the molecule is CN=C(NCC1COCCO1)NC1CCN(C2CC2)C1.I. The summed E-state index contributed by atoms with van der Waals surface area (Å²) in [5.74, 6) is 0.877. The van der Waals surface area contributed by atoms with Crippen LogP contribution in [0.25, 0.3) is 0 Å². The van der Waals surface area contributed by atoms with Crippen molar-refractivity contribution in [1.82, 2.24) is 15.5 Å². The molecule has 7 heteroatoms. The fourth-order valence-electron chi connectivity index (χ4n) is 2.93. The fourth-order valence-corrected chi connectivity index (χ4v) is 2.93. The Morgan fingerprint density at radius 1 is 1.29 bits per heavy atom. The van der Waals surface area contributed by atoms with Crippen molar-refractivity contribution < 1.29 is 9.47 Å². The van der Waals surface area contributed by atoms with Crippen LogP contribution in [-0.4, -0.2) is 75.5 Å². The minimum atomic E-state index is 0. The van der Waals surface area contributed by atoms with Crippen LogP contribution >= 0.6 is 24.0 Å². The predicted molar refractivity (Wildman–Crippen MR) is 93.5 cm³/mol. The highest BCUT2D eigenvalue weighted by Gasteiger charge is 2.34. The van der Waals surface area contributed by atoms with Crippen LogP contribution in [0.1, 0.15) is 19.3 Å². The number of aliphatic imine (C=N–C) groups is 1.